The van der Waals surface area contributed by atoms with E-state index < -0.39 is 17.5 Å². The van der Waals surface area contributed by atoms with E-state index in [2.05, 4.69) is 15.6 Å². The van der Waals surface area contributed by atoms with Crippen LogP contribution in [-0.2, 0) is 4.79 Å². The van der Waals surface area contributed by atoms with Gasteiger partial charge in [0.25, 0.3) is 0 Å². The van der Waals surface area contributed by atoms with Crippen molar-refractivity contribution in [2.75, 3.05) is 5.32 Å². The second-order valence-electron chi connectivity index (χ2n) is 5.00. The molecule has 1 heterocycles. The molecule has 0 bridgehead atoms. The number of hydrogen-bond donors (Lipinski definition) is 3. The molecule has 0 saturated heterocycles. The molecule has 0 spiro atoms. The summed E-state index contributed by atoms with van der Waals surface area (Å²) in [5.41, 5.74) is 0.578. The van der Waals surface area contributed by atoms with Crippen LogP contribution in [0.15, 0.2) is 18.2 Å². The fourth-order valence-electron chi connectivity index (χ4n) is 1.55. The number of urea groups is 1. The topological polar surface area (TPSA) is 91.3 Å². The maximum atomic E-state index is 11.8. The summed E-state index contributed by atoms with van der Waals surface area (Å²) in [4.78, 5) is 27.0. The van der Waals surface area contributed by atoms with Crippen molar-refractivity contribution in [3.8, 4) is 0 Å². The number of aromatic nitrogens is 1. The molecule has 2 rings (SSSR count). The molecule has 1 aromatic heterocycles. The SMILES string of the molecule is Cc1ccc2nc(NC(=O)NC(C)(C)C(=O)O)sc2c1. The lowest BCUT2D eigenvalue weighted by atomic mass is 10.1. The van der Waals surface area contributed by atoms with Gasteiger partial charge in [-0.1, -0.05) is 17.4 Å². The maximum Gasteiger partial charge on any atom is 0.328 e. The van der Waals surface area contributed by atoms with E-state index >= 15 is 0 Å². The van der Waals surface area contributed by atoms with Gasteiger partial charge in [0.05, 0.1) is 10.2 Å². The summed E-state index contributed by atoms with van der Waals surface area (Å²) in [5, 5.41) is 14.3. The monoisotopic (exact) mass is 293 g/mol. The Morgan fingerprint density at radius 1 is 1.35 bits per heavy atom. The number of anilines is 1. The van der Waals surface area contributed by atoms with Crippen LogP contribution in [0.5, 0.6) is 0 Å². The molecule has 0 radical (unpaired) electrons. The predicted molar refractivity (Wildman–Crippen MR) is 78.2 cm³/mol. The molecule has 20 heavy (non-hydrogen) atoms. The minimum Gasteiger partial charge on any atom is -0.480 e. The fraction of sp³-hybridized carbons (Fsp3) is 0.308. The number of nitrogens with one attached hydrogen (secondary N) is 2. The van der Waals surface area contributed by atoms with Gasteiger partial charge in [0.2, 0.25) is 0 Å². The Hall–Kier alpha value is -2.15. The second-order valence-corrected chi connectivity index (χ2v) is 6.03. The van der Waals surface area contributed by atoms with E-state index in [1.807, 2.05) is 25.1 Å². The molecule has 2 amide bonds. The van der Waals surface area contributed by atoms with Crippen LogP contribution in [0.3, 0.4) is 0 Å². The number of aliphatic carboxylic acids is 1. The molecule has 0 unspecified atom stereocenters. The first-order chi connectivity index (χ1) is 9.28. The number of fused-ring (bicyclic) bond motifs is 1. The fourth-order valence-corrected chi connectivity index (χ4v) is 2.51. The average Bonchev–Trinajstić information content (AvgIpc) is 2.68. The van der Waals surface area contributed by atoms with E-state index in [1.165, 1.54) is 25.2 Å². The van der Waals surface area contributed by atoms with Crippen molar-refractivity contribution < 1.29 is 14.7 Å². The Morgan fingerprint density at radius 2 is 2.05 bits per heavy atom. The standard InChI is InChI=1S/C13H15N3O3S/c1-7-4-5-8-9(6-7)20-12(14-8)15-11(19)16-13(2,3)10(17)18/h4-6H,1-3H3,(H,17,18)(H2,14,15,16,19). The Balaban J connectivity index is 2.12. The highest BCUT2D eigenvalue weighted by atomic mass is 32.1. The summed E-state index contributed by atoms with van der Waals surface area (Å²) in [6.45, 7) is 4.81. The zero-order valence-corrected chi connectivity index (χ0v) is 12.2. The zero-order valence-electron chi connectivity index (χ0n) is 11.4. The van der Waals surface area contributed by atoms with Gasteiger partial charge in [-0.05, 0) is 38.5 Å². The number of amides is 2. The van der Waals surface area contributed by atoms with Crippen molar-refractivity contribution in [1.29, 1.82) is 0 Å². The quantitative estimate of drug-likeness (QED) is 0.811. The van der Waals surface area contributed by atoms with Crippen LogP contribution in [0.25, 0.3) is 10.2 Å². The van der Waals surface area contributed by atoms with Gasteiger partial charge < -0.3 is 10.4 Å². The number of carboxylic acid groups (broad SMARTS) is 1. The van der Waals surface area contributed by atoms with Crippen molar-refractivity contribution in [3.63, 3.8) is 0 Å². The first-order valence-corrected chi connectivity index (χ1v) is 6.79. The lowest BCUT2D eigenvalue weighted by Crippen LogP contribution is -2.51. The van der Waals surface area contributed by atoms with Crippen LogP contribution in [0.4, 0.5) is 9.93 Å². The number of benzene rings is 1. The molecule has 1 aromatic carbocycles. The molecule has 0 aliphatic heterocycles. The molecule has 6 nitrogen and oxygen atoms in total. The first kappa shape index (κ1) is 14.3. The van der Waals surface area contributed by atoms with Crippen LogP contribution in [0.2, 0.25) is 0 Å². The summed E-state index contributed by atoms with van der Waals surface area (Å²) in [7, 11) is 0. The zero-order chi connectivity index (χ0) is 14.9. The minimum atomic E-state index is -1.34. The van der Waals surface area contributed by atoms with E-state index in [-0.39, 0.29) is 0 Å². The summed E-state index contributed by atoms with van der Waals surface area (Å²) < 4.78 is 0.970. The number of hydrogen-bond acceptors (Lipinski definition) is 4. The Morgan fingerprint density at radius 3 is 2.70 bits per heavy atom. The number of rotatable bonds is 3. The number of carbonyl (C=O) groups is 2. The van der Waals surface area contributed by atoms with Crippen molar-refractivity contribution >= 4 is 38.7 Å². The molecule has 0 aliphatic carbocycles. The van der Waals surface area contributed by atoms with Gasteiger partial charge in [0, 0.05) is 0 Å². The van der Waals surface area contributed by atoms with Crippen LogP contribution in [0, 0.1) is 6.92 Å². The third-order valence-corrected chi connectivity index (χ3v) is 3.66. The van der Waals surface area contributed by atoms with Crippen LogP contribution in [0.1, 0.15) is 19.4 Å². The molecular formula is C13H15N3O3S. The number of carbonyl (C=O) groups excluding carboxylic acids is 1. The molecule has 0 atom stereocenters. The van der Waals surface area contributed by atoms with Crippen LogP contribution < -0.4 is 10.6 Å². The third-order valence-electron chi connectivity index (χ3n) is 2.73. The highest BCUT2D eigenvalue weighted by Crippen LogP contribution is 2.26. The Bertz CT molecular complexity index is 679. The van der Waals surface area contributed by atoms with Crippen molar-refractivity contribution in [2.45, 2.75) is 26.3 Å². The number of carboxylic acids is 1. The van der Waals surface area contributed by atoms with Gasteiger partial charge in [0.15, 0.2) is 5.13 Å². The van der Waals surface area contributed by atoms with E-state index in [9.17, 15) is 9.59 Å². The Kier molecular flexibility index (Phi) is 3.63. The number of thiazole rings is 1. The second kappa shape index (κ2) is 5.09. The van der Waals surface area contributed by atoms with E-state index in [0.717, 1.165) is 15.8 Å². The van der Waals surface area contributed by atoms with Gasteiger partial charge in [-0.15, -0.1) is 0 Å². The van der Waals surface area contributed by atoms with Gasteiger partial charge in [-0.2, -0.15) is 0 Å². The molecule has 2 aromatic rings. The number of aryl methyl sites for hydroxylation is 1. The lowest BCUT2D eigenvalue weighted by molar-refractivity contribution is -0.142. The van der Waals surface area contributed by atoms with Crippen molar-refractivity contribution in [1.82, 2.24) is 10.3 Å². The van der Waals surface area contributed by atoms with E-state index in [1.54, 1.807) is 0 Å². The summed E-state index contributed by atoms with van der Waals surface area (Å²) in [6.07, 6.45) is 0. The molecule has 0 aliphatic rings. The molecule has 7 heteroatoms. The van der Waals surface area contributed by atoms with Crippen LogP contribution >= 0.6 is 11.3 Å². The average molecular weight is 293 g/mol. The van der Waals surface area contributed by atoms with Crippen molar-refractivity contribution in [3.05, 3.63) is 23.8 Å². The smallest absolute Gasteiger partial charge is 0.328 e. The molecule has 3 N–H and O–H groups in total. The summed E-state index contributed by atoms with van der Waals surface area (Å²) in [5.74, 6) is -1.10. The minimum absolute atomic E-state index is 0.435. The normalized spacial score (nSPS) is 11.3. The highest BCUT2D eigenvalue weighted by molar-refractivity contribution is 7.22. The Labute approximate surface area is 119 Å². The molecule has 106 valence electrons. The largest absolute Gasteiger partial charge is 0.480 e. The third kappa shape index (κ3) is 3.05. The van der Waals surface area contributed by atoms with E-state index in [0.29, 0.717) is 5.13 Å². The predicted octanol–water partition coefficient (Wildman–Crippen LogP) is 2.59. The van der Waals surface area contributed by atoms with Crippen molar-refractivity contribution in [2.24, 2.45) is 0 Å². The van der Waals surface area contributed by atoms with Gasteiger partial charge in [0.1, 0.15) is 5.54 Å². The van der Waals surface area contributed by atoms with Gasteiger partial charge in [-0.25, -0.2) is 14.6 Å². The van der Waals surface area contributed by atoms with Gasteiger partial charge >= 0.3 is 12.0 Å². The summed E-state index contributed by atoms with van der Waals surface area (Å²) >= 11 is 1.34. The molecule has 0 fully saturated rings. The van der Waals surface area contributed by atoms with E-state index in [4.69, 9.17) is 5.11 Å². The van der Waals surface area contributed by atoms with Crippen LogP contribution in [-0.4, -0.2) is 27.6 Å². The number of nitrogens with zero attached hydrogens (tertiary/aromatic N) is 1. The summed E-state index contributed by atoms with van der Waals surface area (Å²) in [6, 6.07) is 5.22. The first-order valence-electron chi connectivity index (χ1n) is 5.98. The molecule has 0 saturated carbocycles. The van der Waals surface area contributed by atoms with Gasteiger partial charge in [-0.3, -0.25) is 5.32 Å². The lowest BCUT2D eigenvalue weighted by Gasteiger charge is -2.20. The maximum absolute atomic E-state index is 11.8. The highest BCUT2D eigenvalue weighted by Gasteiger charge is 2.29. The molecular weight excluding hydrogens is 278 g/mol.